The summed E-state index contributed by atoms with van der Waals surface area (Å²) in [7, 11) is -4.32. The van der Waals surface area contributed by atoms with E-state index in [1.54, 1.807) is 5.38 Å². The van der Waals surface area contributed by atoms with Gasteiger partial charge in [-0.2, -0.15) is 13.2 Å². The number of carbonyl (C=O) groups excluding carboxylic acids is 1. The Bertz CT molecular complexity index is 1280. The van der Waals surface area contributed by atoms with E-state index in [-0.39, 0.29) is 24.8 Å². The van der Waals surface area contributed by atoms with Crippen molar-refractivity contribution in [2.75, 3.05) is 18.8 Å². The van der Waals surface area contributed by atoms with Gasteiger partial charge in [-0.05, 0) is 43.4 Å². The first-order valence-electron chi connectivity index (χ1n) is 11.5. The molecule has 1 aromatic heterocycles. The number of halogens is 3. The maximum absolute atomic E-state index is 12.3. The lowest BCUT2D eigenvalue weighted by Gasteiger charge is -2.30. The highest BCUT2D eigenvalue weighted by Gasteiger charge is 2.39. The number of aryl methyl sites for hydroxylation is 2. The topological polar surface area (TPSA) is 67.3 Å². The number of sulfonamides is 1. The number of carbonyl (C=O) groups is 1. The molecule has 1 fully saturated rings. The Hall–Kier alpha value is -2.56. The monoisotopic (exact) mass is 538 g/mol. The summed E-state index contributed by atoms with van der Waals surface area (Å²) in [6, 6.07) is 17.1. The average Bonchev–Trinajstić information content (AvgIpc) is 3.31. The van der Waals surface area contributed by atoms with E-state index in [0.29, 0.717) is 18.5 Å². The summed E-state index contributed by atoms with van der Waals surface area (Å²) in [5, 5.41) is 2.38. The van der Waals surface area contributed by atoms with Crippen molar-refractivity contribution in [3.05, 3.63) is 75.7 Å². The van der Waals surface area contributed by atoms with Gasteiger partial charge in [0.15, 0.2) is 11.5 Å². The molecule has 1 aliphatic heterocycles. The molecule has 1 saturated heterocycles. The van der Waals surface area contributed by atoms with Gasteiger partial charge >= 0.3 is 6.18 Å². The molecule has 2 aromatic carbocycles. The van der Waals surface area contributed by atoms with E-state index in [1.165, 1.54) is 40.5 Å². The number of alkyl halides is 3. The molecule has 0 aliphatic carbocycles. The van der Waals surface area contributed by atoms with Crippen LogP contribution in [0.1, 0.15) is 52.3 Å². The molecule has 0 unspecified atom stereocenters. The van der Waals surface area contributed by atoms with Gasteiger partial charge in [-0.15, -0.1) is 11.3 Å². The van der Waals surface area contributed by atoms with Gasteiger partial charge in [0, 0.05) is 31.3 Å². The van der Waals surface area contributed by atoms with Crippen molar-refractivity contribution >= 4 is 27.1 Å². The predicted molar refractivity (Wildman–Crippen MR) is 137 cm³/mol. The summed E-state index contributed by atoms with van der Waals surface area (Å²) in [6.07, 6.45) is -3.93. The number of hydrogen-bond acceptors (Lipinski definition) is 5. The second kappa shape index (κ2) is 11.7. The number of Topliss-reactive ketones (excluding diaryl/α,β-unsaturated/α-hetero) is 1. The highest BCUT2D eigenvalue weighted by molar-refractivity contribution is 7.89. The largest absolute Gasteiger partial charge is 0.404 e. The van der Waals surface area contributed by atoms with Gasteiger partial charge in [-0.1, -0.05) is 54.1 Å². The number of piperidine rings is 1. The van der Waals surface area contributed by atoms with Crippen molar-refractivity contribution in [1.82, 2.24) is 9.29 Å². The number of benzene rings is 2. The van der Waals surface area contributed by atoms with Crippen LogP contribution in [0.25, 0.3) is 11.1 Å². The molecule has 10 heteroatoms. The second-order valence-corrected chi connectivity index (χ2v) is 11.7. The summed E-state index contributed by atoms with van der Waals surface area (Å²) >= 11 is 1.32. The first-order valence-corrected chi connectivity index (χ1v) is 14.0. The SMILES string of the molecule is CC(=O)c1csc(C2CCN(S(=O)(=O)CC(F)(F)F)CC2)n1.Cc1ccc(C)c(-c2ccccc2)c1. The lowest BCUT2D eigenvalue weighted by atomic mass is 9.99. The molecule has 0 bridgehead atoms. The fraction of sp³-hybridized carbons (Fsp3) is 0.385. The predicted octanol–water partition coefficient (Wildman–Crippen LogP) is 6.39. The van der Waals surface area contributed by atoms with Crippen LogP contribution in [0, 0.1) is 13.8 Å². The minimum atomic E-state index is -4.73. The molecule has 0 atom stereocenters. The molecule has 3 aromatic rings. The van der Waals surface area contributed by atoms with Crippen LogP contribution in [0.5, 0.6) is 0 Å². The average molecular weight is 539 g/mol. The molecule has 36 heavy (non-hydrogen) atoms. The van der Waals surface area contributed by atoms with Crippen molar-refractivity contribution in [2.24, 2.45) is 0 Å². The molecular weight excluding hydrogens is 509 g/mol. The normalized spacial score (nSPS) is 15.3. The third kappa shape index (κ3) is 7.72. The smallest absolute Gasteiger partial charge is 0.293 e. The van der Waals surface area contributed by atoms with Crippen LogP contribution >= 0.6 is 11.3 Å². The summed E-state index contributed by atoms with van der Waals surface area (Å²) in [4.78, 5) is 15.4. The number of thiazole rings is 1. The molecule has 5 nitrogen and oxygen atoms in total. The zero-order chi connectivity index (χ0) is 26.5. The molecule has 2 heterocycles. The number of ketones is 1. The molecule has 0 radical (unpaired) electrons. The molecule has 0 N–H and O–H groups in total. The minimum Gasteiger partial charge on any atom is -0.293 e. The zero-order valence-corrected chi connectivity index (χ0v) is 22.0. The van der Waals surface area contributed by atoms with E-state index in [0.717, 1.165) is 9.31 Å². The second-order valence-electron chi connectivity index (χ2n) is 8.86. The number of aromatic nitrogens is 1. The maximum atomic E-state index is 12.3. The van der Waals surface area contributed by atoms with Crippen LogP contribution in [0.15, 0.2) is 53.9 Å². The quantitative estimate of drug-likeness (QED) is 0.353. The lowest BCUT2D eigenvalue weighted by Crippen LogP contribution is -2.42. The van der Waals surface area contributed by atoms with Gasteiger partial charge in [0.25, 0.3) is 0 Å². The van der Waals surface area contributed by atoms with Crippen molar-refractivity contribution in [2.45, 2.75) is 45.7 Å². The Morgan fingerprint density at radius 1 is 1.08 bits per heavy atom. The van der Waals surface area contributed by atoms with Crippen molar-refractivity contribution < 1.29 is 26.4 Å². The Balaban J connectivity index is 0.000000221. The van der Waals surface area contributed by atoms with Gasteiger partial charge in [0.2, 0.25) is 10.0 Å². The number of rotatable bonds is 5. The van der Waals surface area contributed by atoms with E-state index < -0.39 is 22.0 Å². The van der Waals surface area contributed by atoms with Crippen molar-refractivity contribution in [1.29, 1.82) is 0 Å². The fourth-order valence-corrected chi connectivity index (χ4v) is 6.37. The standard InChI is InChI=1S/C14H14.C12H15F3N2O3S2/c1-11-8-9-12(2)14(10-11)13-6-4-3-5-7-13;1-8(18)10-6-21-11(16-10)9-2-4-17(5-3-9)22(19,20)7-12(13,14)15/h3-10H,1-2H3;6,9H,2-5,7H2,1H3. The van der Waals surface area contributed by atoms with Crippen LogP contribution in [0.2, 0.25) is 0 Å². The maximum Gasteiger partial charge on any atom is 0.404 e. The van der Waals surface area contributed by atoms with Gasteiger partial charge < -0.3 is 0 Å². The van der Waals surface area contributed by atoms with Crippen LogP contribution < -0.4 is 0 Å². The Morgan fingerprint density at radius 2 is 1.72 bits per heavy atom. The molecule has 194 valence electrons. The molecule has 0 saturated carbocycles. The molecule has 1 aliphatic rings. The van der Waals surface area contributed by atoms with Crippen molar-refractivity contribution in [3.8, 4) is 11.1 Å². The van der Waals surface area contributed by atoms with Gasteiger partial charge in [-0.3, -0.25) is 4.79 Å². The van der Waals surface area contributed by atoms with E-state index >= 15 is 0 Å². The summed E-state index contributed by atoms with van der Waals surface area (Å²) in [5.74, 6) is -1.99. The summed E-state index contributed by atoms with van der Waals surface area (Å²) < 4.78 is 61.1. The first-order chi connectivity index (χ1) is 16.9. The highest BCUT2D eigenvalue weighted by atomic mass is 32.2. The van der Waals surface area contributed by atoms with Crippen LogP contribution in [-0.4, -0.2) is 48.5 Å². The van der Waals surface area contributed by atoms with Crippen LogP contribution in [-0.2, 0) is 10.0 Å². The first kappa shape index (κ1) is 28.0. The molecular formula is C26H29F3N2O3S2. The van der Waals surface area contributed by atoms with E-state index in [1.807, 2.05) is 0 Å². The fourth-order valence-electron chi connectivity index (χ4n) is 3.98. The number of nitrogens with zero attached hydrogens (tertiary/aromatic N) is 2. The van der Waals surface area contributed by atoms with Crippen molar-refractivity contribution in [3.63, 3.8) is 0 Å². The van der Waals surface area contributed by atoms with E-state index in [4.69, 9.17) is 0 Å². The third-order valence-corrected chi connectivity index (χ3v) is 8.75. The number of hydrogen-bond donors (Lipinski definition) is 0. The zero-order valence-electron chi connectivity index (χ0n) is 20.4. The summed E-state index contributed by atoms with van der Waals surface area (Å²) in [5.41, 5.74) is 5.66. The lowest BCUT2D eigenvalue weighted by molar-refractivity contribution is -0.107. The van der Waals surface area contributed by atoms with Crippen LogP contribution in [0.3, 0.4) is 0 Å². The highest BCUT2D eigenvalue weighted by Crippen LogP contribution is 2.32. The van der Waals surface area contributed by atoms with Gasteiger partial charge in [-0.25, -0.2) is 17.7 Å². The minimum absolute atomic E-state index is 0.0181. The molecule has 0 spiro atoms. The van der Waals surface area contributed by atoms with E-state index in [2.05, 4.69) is 67.4 Å². The molecule has 0 amide bonds. The third-order valence-electron chi connectivity index (χ3n) is 5.90. The Morgan fingerprint density at radius 3 is 2.28 bits per heavy atom. The van der Waals surface area contributed by atoms with Crippen LogP contribution in [0.4, 0.5) is 13.2 Å². The Kier molecular flexibility index (Phi) is 9.08. The van der Waals surface area contributed by atoms with E-state index in [9.17, 15) is 26.4 Å². The summed E-state index contributed by atoms with van der Waals surface area (Å²) in [6.45, 7) is 5.77. The van der Waals surface area contributed by atoms with Gasteiger partial charge in [0.05, 0.1) is 5.01 Å². The molecule has 4 rings (SSSR count). The Labute approximate surface area is 214 Å². The van der Waals surface area contributed by atoms with Gasteiger partial charge in [0.1, 0.15) is 5.69 Å².